The van der Waals surface area contributed by atoms with Gasteiger partial charge in [0, 0.05) is 25.5 Å². The van der Waals surface area contributed by atoms with Crippen LogP contribution in [-0.4, -0.2) is 46.8 Å². The number of benzene rings is 2. The van der Waals surface area contributed by atoms with E-state index in [1.165, 1.54) is 0 Å². The van der Waals surface area contributed by atoms with Crippen LogP contribution in [0.2, 0.25) is 0 Å². The number of carbonyl (C=O) groups is 2. The molecule has 10 heteroatoms. The lowest BCUT2D eigenvalue weighted by Gasteiger charge is -2.13. The molecule has 1 N–H and O–H groups in total. The van der Waals surface area contributed by atoms with Crippen molar-refractivity contribution in [1.82, 2.24) is 0 Å². The lowest BCUT2D eigenvalue weighted by molar-refractivity contribution is -0.119. The molecule has 2 aromatic rings. The minimum Gasteiger partial charge on any atom is -0.452 e. The summed E-state index contributed by atoms with van der Waals surface area (Å²) < 4.78 is 52.5. The Morgan fingerprint density at radius 2 is 1.61 bits per heavy atom. The Morgan fingerprint density at radius 3 is 2.11 bits per heavy atom. The van der Waals surface area contributed by atoms with E-state index < -0.39 is 39.0 Å². The summed E-state index contributed by atoms with van der Waals surface area (Å²) in [5.41, 5.74) is 1.39. The molecular formula is C18H18F2N2O5S. The van der Waals surface area contributed by atoms with Crippen molar-refractivity contribution in [2.45, 2.75) is 10.7 Å². The van der Waals surface area contributed by atoms with Crippen molar-refractivity contribution in [3.8, 4) is 0 Å². The van der Waals surface area contributed by atoms with Gasteiger partial charge in [-0.25, -0.2) is 13.2 Å². The third kappa shape index (κ3) is 5.26. The Hall–Kier alpha value is -3.01. The fraction of sp³-hybridized carbons (Fsp3) is 0.222. The third-order valence-electron chi connectivity index (χ3n) is 3.65. The van der Waals surface area contributed by atoms with Gasteiger partial charge in [-0.2, -0.15) is 8.78 Å². The Bertz CT molecular complexity index is 943. The minimum atomic E-state index is -4.74. The Balaban J connectivity index is 1.91. The first kappa shape index (κ1) is 21.3. The second-order valence-electron chi connectivity index (χ2n) is 5.90. The molecule has 0 heterocycles. The van der Waals surface area contributed by atoms with E-state index >= 15 is 0 Å². The van der Waals surface area contributed by atoms with Gasteiger partial charge >= 0.3 is 11.7 Å². The summed E-state index contributed by atoms with van der Waals surface area (Å²) in [6.07, 6.45) is 0. The Kier molecular flexibility index (Phi) is 6.68. The molecule has 0 aliphatic carbocycles. The second kappa shape index (κ2) is 8.79. The average Bonchev–Trinajstić information content (AvgIpc) is 2.66. The minimum absolute atomic E-state index is 0.0728. The van der Waals surface area contributed by atoms with Crippen LogP contribution in [0, 0.1) is 0 Å². The van der Waals surface area contributed by atoms with Crippen LogP contribution in [0.5, 0.6) is 0 Å². The molecular weight excluding hydrogens is 394 g/mol. The first-order valence-electron chi connectivity index (χ1n) is 7.97. The molecule has 0 aromatic heterocycles. The van der Waals surface area contributed by atoms with Gasteiger partial charge in [0.15, 0.2) is 6.61 Å². The predicted octanol–water partition coefficient (Wildman–Crippen LogP) is 2.54. The summed E-state index contributed by atoms with van der Waals surface area (Å²) in [4.78, 5) is 25.1. The topological polar surface area (TPSA) is 92.8 Å². The molecule has 1 amide bonds. The van der Waals surface area contributed by atoms with Gasteiger partial charge in [0.25, 0.3) is 5.91 Å². The predicted molar refractivity (Wildman–Crippen MR) is 99.3 cm³/mol. The number of halogens is 2. The number of esters is 1. The van der Waals surface area contributed by atoms with Gasteiger partial charge < -0.3 is 15.0 Å². The smallest absolute Gasteiger partial charge is 0.341 e. The number of nitrogens with zero attached hydrogens (tertiary/aromatic N) is 1. The van der Waals surface area contributed by atoms with E-state index in [0.29, 0.717) is 5.69 Å². The zero-order chi connectivity index (χ0) is 20.9. The zero-order valence-corrected chi connectivity index (χ0v) is 15.9. The highest BCUT2D eigenvalue weighted by molar-refractivity contribution is 7.91. The molecule has 0 saturated heterocycles. The van der Waals surface area contributed by atoms with E-state index in [0.717, 1.165) is 30.0 Å². The van der Waals surface area contributed by atoms with Gasteiger partial charge in [0.1, 0.15) is 0 Å². The monoisotopic (exact) mass is 412 g/mol. The van der Waals surface area contributed by atoms with Crippen LogP contribution in [0.15, 0.2) is 53.4 Å². The van der Waals surface area contributed by atoms with E-state index in [1.807, 2.05) is 19.0 Å². The summed E-state index contributed by atoms with van der Waals surface area (Å²) in [6.45, 7) is -0.564. The molecule has 0 aliphatic rings. The summed E-state index contributed by atoms with van der Waals surface area (Å²) in [6, 6.07) is 10.8. The van der Waals surface area contributed by atoms with Crippen LogP contribution in [0.3, 0.4) is 0 Å². The Labute approximate surface area is 160 Å². The lowest BCUT2D eigenvalue weighted by Crippen LogP contribution is -2.21. The molecule has 7 nitrogen and oxygen atoms in total. The van der Waals surface area contributed by atoms with Crippen LogP contribution < -0.4 is 10.2 Å². The van der Waals surface area contributed by atoms with Crippen LogP contribution in [-0.2, 0) is 19.4 Å². The van der Waals surface area contributed by atoms with Crippen molar-refractivity contribution < 1.29 is 31.5 Å². The van der Waals surface area contributed by atoms with Gasteiger partial charge in [-0.15, -0.1) is 0 Å². The van der Waals surface area contributed by atoms with Crippen molar-refractivity contribution in [2.75, 3.05) is 30.9 Å². The van der Waals surface area contributed by atoms with E-state index in [2.05, 4.69) is 5.32 Å². The van der Waals surface area contributed by atoms with E-state index in [1.54, 1.807) is 24.3 Å². The number of carbonyl (C=O) groups excluding carboxylic acids is 2. The Morgan fingerprint density at radius 1 is 1.04 bits per heavy atom. The van der Waals surface area contributed by atoms with E-state index in [9.17, 15) is 26.8 Å². The molecule has 2 rings (SSSR count). The molecule has 0 radical (unpaired) electrons. The first-order chi connectivity index (χ1) is 13.1. The van der Waals surface area contributed by atoms with Gasteiger partial charge in [-0.1, -0.05) is 0 Å². The number of hydrogen-bond donors (Lipinski definition) is 1. The van der Waals surface area contributed by atoms with Crippen LogP contribution in [0.25, 0.3) is 0 Å². The lowest BCUT2D eigenvalue weighted by atomic mass is 10.2. The van der Waals surface area contributed by atoms with Crippen molar-refractivity contribution in [3.63, 3.8) is 0 Å². The van der Waals surface area contributed by atoms with Crippen LogP contribution in [0.4, 0.5) is 20.2 Å². The van der Waals surface area contributed by atoms with Gasteiger partial charge in [0.05, 0.1) is 10.5 Å². The van der Waals surface area contributed by atoms with Crippen molar-refractivity contribution in [1.29, 1.82) is 0 Å². The molecule has 0 saturated carbocycles. The highest BCUT2D eigenvalue weighted by atomic mass is 32.2. The van der Waals surface area contributed by atoms with E-state index in [4.69, 9.17) is 4.74 Å². The average molecular weight is 412 g/mol. The number of rotatable bonds is 7. The molecule has 0 bridgehead atoms. The number of amides is 1. The fourth-order valence-corrected chi connectivity index (χ4v) is 2.86. The maximum Gasteiger partial charge on any atom is 0.341 e. The van der Waals surface area contributed by atoms with Crippen molar-refractivity contribution >= 4 is 33.1 Å². The van der Waals surface area contributed by atoms with Gasteiger partial charge in [-0.05, 0) is 48.5 Å². The number of ether oxygens (including phenoxy) is 1. The first-order valence-corrected chi connectivity index (χ1v) is 9.52. The summed E-state index contributed by atoms with van der Waals surface area (Å²) in [7, 11) is -0.986. The fourth-order valence-electron chi connectivity index (χ4n) is 2.14. The summed E-state index contributed by atoms with van der Waals surface area (Å²) >= 11 is 0. The largest absolute Gasteiger partial charge is 0.452 e. The van der Waals surface area contributed by atoms with Gasteiger partial charge in [-0.3, -0.25) is 4.79 Å². The van der Waals surface area contributed by atoms with E-state index in [-0.39, 0.29) is 5.56 Å². The number of alkyl halides is 2. The summed E-state index contributed by atoms with van der Waals surface area (Å²) in [5.74, 6) is -5.01. The summed E-state index contributed by atoms with van der Waals surface area (Å²) in [5, 5.41) is 2.56. The van der Waals surface area contributed by atoms with Crippen LogP contribution >= 0.6 is 0 Å². The zero-order valence-electron chi connectivity index (χ0n) is 15.1. The molecule has 0 fully saturated rings. The SMILES string of the molecule is CN(C)c1ccc(NC(=O)COC(=O)c2ccc(S(=O)(=O)C(F)F)cc2)cc1. The molecule has 150 valence electrons. The van der Waals surface area contributed by atoms with Crippen molar-refractivity contribution in [2.24, 2.45) is 0 Å². The van der Waals surface area contributed by atoms with Crippen molar-refractivity contribution in [3.05, 3.63) is 54.1 Å². The number of hydrogen-bond acceptors (Lipinski definition) is 6. The molecule has 2 aromatic carbocycles. The molecule has 0 unspecified atom stereocenters. The maximum absolute atomic E-state index is 12.5. The standard InChI is InChI=1S/C18H18F2N2O5S/c1-22(2)14-7-5-13(6-8-14)21-16(23)11-27-17(24)12-3-9-15(10-4-12)28(25,26)18(19)20/h3-10,18H,11H2,1-2H3,(H,21,23). The normalized spacial score (nSPS) is 11.2. The highest BCUT2D eigenvalue weighted by Crippen LogP contribution is 2.19. The molecule has 0 atom stereocenters. The van der Waals surface area contributed by atoms with Crippen LogP contribution in [0.1, 0.15) is 10.4 Å². The van der Waals surface area contributed by atoms with Gasteiger partial charge in [0.2, 0.25) is 9.84 Å². The number of anilines is 2. The molecule has 28 heavy (non-hydrogen) atoms. The maximum atomic E-state index is 12.5. The molecule has 0 aliphatic heterocycles. The number of sulfone groups is 1. The third-order valence-corrected chi connectivity index (χ3v) is 5.05. The quantitative estimate of drug-likeness (QED) is 0.703. The highest BCUT2D eigenvalue weighted by Gasteiger charge is 2.26. The number of nitrogens with one attached hydrogen (secondary N) is 1. The second-order valence-corrected chi connectivity index (χ2v) is 7.81. The molecule has 0 spiro atoms.